The summed E-state index contributed by atoms with van der Waals surface area (Å²) < 4.78 is 7.39. The molecule has 0 aliphatic heterocycles. The summed E-state index contributed by atoms with van der Waals surface area (Å²) in [5.41, 5.74) is 3.14. The summed E-state index contributed by atoms with van der Waals surface area (Å²) in [6.07, 6.45) is 6.28. The van der Waals surface area contributed by atoms with Gasteiger partial charge in [0.25, 0.3) is 0 Å². The number of hydrogen-bond acceptors (Lipinski definition) is 5. The number of nitrogens with one attached hydrogen (secondary N) is 2. The summed E-state index contributed by atoms with van der Waals surface area (Å²) in [4.78, 5) is 9.80. The molecule has 0 amide bonds. The van der Waals surface area contributed by atoms with E-state index in [4.69, 9.17) is 4.42 Å². The van der Waals surface area contributed by atoms with Crippen molar-refractivity contribution in [1.82, 2.24) is 25.4 Å². The van der Waals surface area contributed by atoms with Gasteiger partial charge in [-0.05, 0) is 41.6 Å². The van der Waals surface area contributed by atoms with Crippen molar-refractivity contribution < 1.29 is 4.42 Å². The SMILES string of the molecule is CN=C(NCCc1ccc(-n2cccn2)cc1)NCc1coc(-c2cccs2)n1.I. The summed E-state index contributed by atoms with van der Waals surface area (Å²) >= 11 is 1.61. The molecule has 0 aliphatic carbocycles. The summed E-state index contributed by atoms with van der Waals surface area (Å²) in [6.45, 7) is 1.33. The zero-order valence-electron chi connectivity index (χ0n) is 16.5. The van der Waals surface area contributed by atoms with Crippen molar-refractivity contribution in [1.29, 1.82) is 0 Å². The van der Waals surface area contributed by atoms with E-state index in [0.717, 1.165) is 35.2 Å². The first-order valence-corrected chi connectivity index (χ1v) is 10.2. The van der Waals surface area contributed by atoms with E-state index in [1.54, 1.807) is 30.8 Å². The summed E-state index contributed by atoms with van der Waals surface area (Å²) in [5.74, 6) is 1.39. The lowest BCUT2D eigenvalue weighted by Crippen LogP contribution is -2.37. The Morgan fingerprint density at radius 2 is 2.03 bits per heavy atom. The van der Waals surface area contributed by atoms with Gasteiger partial charge in [-0.2, -0.15) is 5.10 Å². The highest BCUT2D eigenvalue weighted by molar-refractivity contribution is 14.0. The molecule has 7 nitrogen and oxygen atoms in total. The van der Waals surface area contributed by atoms with Gasteiger partial charge in [0, 0.05) is 26.0 Å². The molecule has 3 heterocycles. The fraction of sp³-hybridized carbons (Fsp3) is 0.190. The van der Waals surface area contributed by atoms with E-state index in [1.807, 2.05) is 34.5 Å². The molecule has 0 bridgehead atoms. The average Bonchev–Trinajstić information content (AvgIpc) is 3.53. The normalized spacial score (nSPS) is 11.2. The van der Waals surface area contributed by atoms with Crippen molar-refractivity contribution >= 4 is 41.3 Å². The Kier molecular flexibility index (Phi) is 8.03. The maximum atomic E-state index is 5.54. The Bertz CT molecular complexity index is 1040. The van der Waals surface area contributed by atoms with Crippen LogP contribution in [0, 0.1) is 0 Å². The standard InChI is InChI=1S/C21H22N6OS.HI/c1-22-21(24-14-17-15-28-20(26-17)19-4-2-13-29-19)23-11-9-16-5-7-18(8-6-16)27-12-3-10-25-27;/h2-8,10,12-13,15H,9,11,14H2,1H3,(H2,22,23,24);1H. The average molecular weight is 534 g/mol. The molecule has 0 unspecified atom stereocenters. The molecule has 0 atom stereocenters. The number of thiophene rings is 1. The smallest absolute Gasteiger partial charge is 0.236 e. The highest BCUT2D eigenvalue weighted by Gasteiger charge is 2.08. The van der Waals surface area contributed by atoms with Crippen molar-refractivity contribution in [2.75, 3.05) is 13.6 Å². The van der Waals surface area contributed by atoms with Crippen LogP contribution in [0.1, 0.15) is 11.3 Å². The van der Waals surface area contributed by atoms with Crippen molar-refractivity contribution in [2.24, 2.45) is 4.99 Å². The van der Waals surface area contributed by atoms with Crippen molar-refractivity contribution in [3.8, 4) is 16.5 Å². The molecular formula is C21H23IN6OS. The lowest BCUT2D eigenvalue weighted by molar-refractivity contribution is 0.573. The second-order valence-corrected chi connectivity index (χ2v) is 7.29. The highest BCUT2D eigenvalue weighted by atomic mass is 127. The second kappa shape index (κ2) is 10.9. The summed E-state index contributed by atoms with van der Waals surface area (Å²) in [5, 5.41) is 12.8. The predicted molar refractivity (Wildman–Crippen MR) is 131 cm³/mol. The van der Waals surface area contributed by atoms with Gasteiger partial charge in [0.15, 0.2) is 5.96 Å². The molecule has 0 aliphatic rings. The van der Waals surface area contributed by atoms with E-state index in [9.17, 15) is 0 Å². The van der Waals surface area contributed by atoms with Crippen molar-refractivity contribution in [3.63, 3.8) is 0 Å². The first kappa shape index (κ1) is 22.0. The molecule has 0 radical (unpaired) electrons. The van der Waals surface area contributed by atoms with Crippen LogP contribution in [-0.2, 0) is 13.0 Å². The first-order valence-electron chi connectivity index (χ1n) is 9.33. The lowest BCUT2D eigenvalue weighted by atomic mass is 10.1. The number of guanidine groups is 1. The van der Waals surface area contributed by atoms with Gasteiger partial charge in [-0.25, -0.2) is 9.67 Å². The number of benzene rings is 1. The Labute approximate surface area is 196 Å². The number of nitrogens with zero attached hydrogens (tertiary/aromatic N) is 4. The molecule has 4 rings (SSSR count). The third-order valence-electron chi connectivity index (χ3n) is 4.36. The van der Waals surface area contributed by atoms with Crippen LogP contribution >= 0.6 is 35.3 Å². The van der Waals surface area contributed by atoms with Crippen LogP contribution in [0.2, 0.25) is 0 Å². The lowest BCUT2D eigenvalue weighted by Gasteiger charge is -2.11. The maximum absolute atomic E-state index is 5.54. The number of halogens is 1. The topological polar surface area (TPSA) is 80.3 Å². The molecule has 0 spiro atoms. The molecule has 4 aromatic rings. The Morgan fingerprint density at radius 3 is 2.73 bits per heavy atom. The Balaban J connectivity index is 0.00000256. The molecule has 0 saturated carbocycles. The number of aliphatic imine (C=N–C) groups is 1. The fourth-order valence-corrected chi connectivity index (χ4v) is 3.51. The quantitative estimate of drug-likeness (QED) is 0.212. The minimum absolute atomic E-state index is 0. The van der Waals surface area contributed by atoms with Gasteiger partial charge in [-0.1, -0.05) is 18.2 Å². The molecule has 0 saturated heterocycles. The number of oxazole rings is 1. The minimum atomic E-state index is 0. The molecule has 2 N–H and O–H groups in total. The van der Waals surface area contributed by atoms with Crippen LogP contribution in [0.15, 0.2) is 75.9 Å². The van der Waals surface area contributed by atoms with Gasteiger partial charge in [0.05, 0.1) is 22.8 Å². The molecule has 30 heavy (non-hydrogen) atoms. The molecule has 156 valence electrons. The molecular weight excluding hydrogens is 511 g/mol. The Hall–Kier alpha value is -2.66. The van der Waals surface area contributed by atoms with E-state index in [2.05, 4.69) is 50.0 Å². The largest absolute Gasteiger partial charge is 0.443 e. The number of aromatic nitrogens is 3. The Morgan fingerprint density at radius 1 is 1.17 bits per heavy atom. The second-order valence-electron chi connectivity index (χ2n) is 6.34. The third kappa shape index (κ3) is 5.70. The molecule has 3 aromatic heterocycles. The maximum Gasteiger partial charge on any atom is 0.236 e. The minimum Gasteiger partial charge on any atom is -0.443 e. The van der Waals surface area contributed by atoms with Crippen molar-refractivity contribution in [2.45, 2.75) is 13.0 Å². The zero-order valence-corrected chi connectivity index (χ0v) is 19.6. The fourth-order valence-electron chi connectivity index (χ4n) is 2.86. The third-order valence-corrected chi connectivity index (χ3v) is 5.21. The van der Waals surface area contributed by atoms with Gasteiger partial charge in [0.2, 0.25) is 5.89 Å². The van der Waals surface area contributed by atoms with E-state index < -0.39 is 0 Å². The first-order chi connectivity index (χ1) is 14.3. The van der Waals surface area contributed by atoms with E-state index >= 15 is 0 Å². The van der Waals surface area contributed by atoms with Gasteiger partial charge < -0.3 is 15.1 Å². The monoisotopic (exact) mass is 534 g/mol. The highest BCUT2D eigenvalue weighted by Crippen LogP contribution is 2.23. The predicted octanol–water partition coefficient (Wildman–Crippen LogP) is 4.11. The zero-order chi connectivity index (χ0) is 19.9. The van der Waals surface area contributed by atoms with Crippen LogP contribution in [-0.4, -0.2) is 34.3 Å². The van der Waals surface area contributed by atoms with Crippen LogP contribution in [0.25, 0.3) is 16.5 Å². The van der Waals surface area contributed by atoms with Gasteiger partial charge >= 0.3 is 0 Å². The van der Waals surface area contributed by atoms with Crippen LogP contribution in [0.4, 0.5) is 0 Å². The van der Waals surface area contributed by atoms with E-state index in [1.165, 1.54) is 5.56 Å². The molecule has 1 aromatic carbocycles. The number of rotatable bonds is 7. The van der Waals surface area contributed by atoms with Gasteiger partial charge in [0.1, 0.15) is 6.26 Å². The van der Waals surface area contributed by atoms with Crippen molar-refractivity contribution in [3.05, 3.63) is 77.8 Å². The van der Waals surface area contributed by atoms with Gasteiger partial charge in [-0.15, -0.1) is 35.3 Å². The number of hydrogen-bond donors (Lipinski definition) is 2. The van der Waals surface area contributed by atoms with Gasteiger partial charge in [-0.3, -0.25) is 4.99 Å². The molecule has 0 fully saturated rings. The van der Waals surface area contributed by atoms with Crippen LogP contribution in [0.5, 0.6) is 0 Å². The molecule has 9 heteroatoms. The van der Waals surface area contributed by atoms with Crippen LogP contribution < -0.4 is 10.6 Å². The summed E-state index contributed by atoms with van der Waals surface area (Å²) in [6, 6.07) is 14.3. The van der Waals surface area contributed by atoms with Crippen LogP contribution in [0.3, 0.4) is 0 Å². The van der Waals surface area contributed by atoms with E-state index in [0.29, 0.717) is 12.4 Å². The summed E-state index contributed by atoms with van der Waals surface area (Å²) in [7, 11) is 1.76. The van der Waals surface area contributed by atoms with E-state index in [-0.39, 0.29) is 24.0 Å².